The van der Waals surface area contributed by atoms with Crippen LogP contribution in [0.1, 0.15) is 25.3 Å². The van der Waals surface area contributed by atoms with E-state index in [4.69, 9.17) is 9.47 Å². The number of nitrogens with zero attached hydrogens (tertiary/aromatic N) is 2. The van der Waals surface area contributed by atoms with Gasteiger partial charge in [-0.05, 0) is 30.5 Å². The molecule has 1 aromatic carbocycles. The van der Waals surface area contributed by atoms with Crippen LogP contribution in [0.2, 0.25) is 0 Å². The fourth-order valence-corrected chi connectivity index (χ4v) is 3.81. The Morgan fingerprint density at radius 3 is 2.79 bits per heavy atom. The molecule has 0 saturated carbocycles. The number of methoxy groups -OCH3 is 1. The van der Waals surface area contributed by atoms with Crippen molar-refractivity contribution >= 4 is 5.91 Å². The lowest BCUT2D eigenvalue weighted by Crippen LogP contribution is -2.52. The van der Waals surface area contributed by atoms with Crippen LogP contribution in [0.5, 0.6) is 5.75 Å². The Labute approximate surface area is 144 Å². The summed E-state index contributed by atoms with van der Waals surface area (Å²) in [6.07, 6.45) is 3.30. The van der Waals surface area contributed by atoms with Gasteiger partial charge < -0.3 is 14.4 Å². The monoisotopic (exact) mass is 332 g/mol. The number of carbonyl (C=O) groups excluding carboxylic acids is 1. The highest BCUT2D eigenvalue weighted by Crippen LogP contribution is 2.22. The molecule has 2 saturated heterocycles. The number of amides is 1. The van der Waals surface area contributed by atoms with Crippen molar-refractivity contribution in [3.05, 3.63) is 29.8 Å². The molecule has 1 aromatic rings. The van der Waals surface area contributed by atoms with Crippen LogP contribution >= 0.6 is 0 Å². The van der Waals surface area contributed by atoms with Gasteiger partial charge in [-0.3, -0.25) is 9.69 Å². The number of rotatable bonds is 4. The SMILES string of the molecule is COc1cccc(CC2CN(C3CCN(C(C)=O)CC3)CCO2)c1. The average Bonchev–Trinajstić information content (AvgIpc) is 2.62. The predicted octanol–water partition coefficient (Wildman–Crippen LogP) is 1.95. The van der Waals surface area contributed by atoms with Gasteiger partial charge in [-0.2, -0.15) is 0 Å². The van der Waals surface area contributed by atoms with Gasteiger partial charge in [0.25, 0.3) is 0 Å². The van der Waals surface area contributed by atoms with E-state index in [0.717, 1.165) is 57.8 Å². The number of ether oxygens (including phenoxy) is 2. The van der Waals surface area contributed by atoms with Crippen LogP contribution in [0.3, 0.4) is 0 Å². The van der Waals surface area contributed by atoms with Crippen LogP contribution < -0.4 is 4.74 Å². The molecule has 0 spiro atoms. The lowest BCUT2D eigenvalue weighted by Gasteiger charge is -2.42. The molecule has 2 heterocycles. The summed E-state index contributed by atoms with van der Waals surface area (Å²) in [6.45, 7) is 6.21. The van der Waals surface area contributed by atoms with E-state index < -0.39 is 0 Å². The van der Waals surface area contributed by atoms with Gasteiger partial charge in [-0.15, -0.1) is 0 Å². The Morgan fingerprint density at radius 1 is 1.29 bits per heavy atom. The first-order chi connectivity index (χ1) is 11.7. The summed E-state index contributed by atoms with van der Waals surface area (Å²) in [5.41, 5.74) is 1.26. The highest BCUT2D eigenvalue weighted by molar-refractivity contribution is 5.73. The van der Waals surface area contributed by atoms with Gasteiger partial charge >= 0.3 is 0 Å². The minimum absolute atomic E-state index is 0.200. The van der Waals surface area contributed by atoms with E-state index in [0.29, 0.717) is 6.04 Å². The summed E-state index contributed by atoms with van der Waals surface area (Å²) in [6, 6.07) is 8.81. The third-order valence-corrected chi connectivity index (χ3v) is 5.19. The molecule has 132 valence electrons. The summed E-state index contributed by atoms with van der Waals surface area (Å²) < 4.78 is 11.3. The molecule has 3 rings (SSSR count). The minimum atomic E-state index is 0.200. The van der Waals surface area contributed by atoms with Gasteiger partial charge in [0.05, 0.1) is 19.8 Å². The second kappa shape index (κ2) is 7.99. The van der Waals surface area contributed by atoms with Gasteiger partial charge in [0.2, 0.25) is 5.91 Å². The summed E-state index contributed by atoms with van der Waals surface area (Å²) in [4.78, 5) is 16.0. The topological polar surface area (TPSA) is 42.0 Å². The molecule has 0 aliphatic carbocycles. The van der Waals surface area contributed by atoms with E-state index in [1.807, 2.05) is 17.0 Å². The maximum Gasteiger partial charge on any atom is 0.219 e. The van der Waals surface area contributed by atoms with Crippen molar-refractivity contribution in [2.75, 3.05) is 39.9 Å². The lowest BCUT2D eigenvalue weighted by molar-refractivity contribution is -0.131. The van der Waals surface area contributed by atoms with Crippen LogP contribution in [0.15, 0.2) is 24.3 Å². The van der Waals surface area contributed by atoms with Crippen molar-refractivity contribution in [2.24, 2.45) is 0 Å². The molecule has 1 amide bonds. The second-order valence-corrected chi connectivity index (χ2v) is 6.78. The van der Waals surface area contributed by atoms with Crippen molar-refractivity contribution in [1.82, 2.24) is 9.80 Å². The number of hydrogen-bond donors (Lipinski definition) is 0. The van der Waals surface area contributed by atoms with Gasteiger partial charge in [0.15, 0.2) is 0 Å². The Balaban J connectivity index is 1.54. The summed E-state index contributed by atoms with van der Waals surface area (Å²) in [7, 11) is 1.70. The molecular weight excluding hydrogens is 304 g/mol. The number of morpholine rings is 1. The zero-order valence-electron chi connectivity index (χ0n) is 14.7. The molecule has 2 fully saturated rings. The largest absolute Gasteiger partial charge is 0.497 e. The summed E-state index contributed by atoms with van der Waals surface area (Å²) >= 11 is 0. The highest BCUT2D eigenvalue weighted by atomic mass is 16.5. The molecule has 2 aliphatic heterocycles. The molecule has 0 bridgehead atoms. The third kappa shape index (κ3) is 4.28. The number of piperidine rings is 1. The van der Waals surface area contributed by atoms with Gasteiger partial charge in [0, 0.05) is 45.6 Å². The van der Waals surface area contributed by atoms with Crippen LogP contribution in [0.4, 0.5) is 0 Å². The van der Waals surface area contributed by atoms with E-state index in [2.05, 4.69) is 17.0 Å². The first-order valence-electron chi connectivity index (χ1n) is 8.90. The van der Waals surface area contributed by atoms with Crippen LogP contribution in [-0.2, 0) is 16.0 Å². The fraction of sp³-hybridized carbons (Fsp3) is 0.632. The van der Waals surface area contributed by atoms with Crippen molar-refractivity contribution in [2.45, 2.75) is 38.3 Å². The average molecular weight is 332 g/mol. The standard InChI is InChI=1S/C19H28N2O3/c1-15(22)20-8-6-17(7-9-20)21-10-11-24-19(14-21)13-16-4-3-5-18(12-16)23-2/h3-5,12,17,19H,6-11,13-14H2,1-2H3. The molecule has 24 heavy (non-hydrogen) atoms. The third-order valence-electron chi connectivity index (χ3n) is 5.19. The first kappa shape index (κ1) is 17.2. The summed E-state index contributed by atoms with van der Waals surface area (Å²) in [5.74, 6) is 1.10. The Hall–Kier alpha value is -1.59. The van der Waals surface area contributed by atoms with Crippen LogP contribution in [0, 0.1) is 0 Å². The predicted molar refractivity (Wildman–Crippen MR) is 93.3 cm³/mol. The zero-order chi connectivity index (χ0) is 16.9. The fourth-order valence-electron chi connectivity index (χ4n) is 3.81. The Morgan fingerprint density at radius 2 is 2.08 bits per heavy atom. The molecule has 1 unspecified atom stereocenters. The van der Waals surface area contributed by atoms with Crippen molar-refractivity contribution < 1.29 is 14.3 Å². The number of hydrogen-bond acceptors (Lipinski definition) is 4. The number of benzene rings is 1. The Kier molecular flexibility index (Phi) is 5.74. The second-order valence-electron chi connectivity index (χ2n) is 6.78. The van der Waals surface area contributed by atoms with Gasteiger partial charge in [-0.1, -0.05) is 12.1 Å². The molecule has 2 aliphatic rings. The number of likely N-dealkylation sites (tertiary alicyclic amines) is 1. The van der Waals surface area contributed by atoms with E-state index >= 15 is 0 Å². The zero-order valence-corrected chi connectivity index (χ0v) is 14.7. The van der Waals surface area contributed by atoms with E-state index in [-0.39, 0.29) is 12.0 Å². The van der Waals surface area contributed by atoms with E-state index in [1.54, 1.807) is 14.0 Å². The quantitative estimate of drug-likeness (QED) is 0.845. The molecule has 1 atom stereocenters. The normalized spacial score (nSPS) is 23.2. The Bertz CT molecular complexity index is 555. The van der Waals surface area contributed by atoms with E-state index in [9.17, 15) is 4.79 Å². The molecule has 5 heteroatoms. The first-order valence-corrected chi connectivity index (χ1v) is 8.90. The molecule has 5 nitrogen and oxygen atoms in total. The van der Waals surface area contributed by atoms with Crippen molar-refractivity contribution in [3.8, 4) is 5.75 Å². The van der Waals surface area contributed by atoms with Crippen molar-refractivity contribution in [3.63, 3.8) is 0 Å². The smallest absolute Gasteiger partial charge is 0.219 e. The van der Waals surface area contributed by atoms with Crippen molar-refractivity contribution in [1.29, 1.82) is 0 Å². The molecular formula is C19H28N2O3. The van der Waals surface area contributed by atoms with Gasteiger partial charge in [-0.25, -0.2) is 0 Å². The van der Waals surface area contributed by atoms with Crippen LogP contribution in [-0.4, -0.2) is 67.7 Å². The molecule has 0 radical (unpaired) electrons. The van der Waals surface area contributed by atoms with Gasteiger partial charge in [0.1, 0.15) is 5.75 Å². The minimum Gasteiger partial charge on any atom is -0.497 e. The maximum absolute atomic E-state index is 11.5. The number of carbonyl (C=O) groups is 1. The van der Waals surface area contributed by atoms with E-state index in [1.165, 1.54) is 5.56 Å². The maximum atomic E-state index is 11.5. The summed E-state index contributed by atoms with van der Waals surface area (Å²) in [5, 5.41) is 0. The molecule has 0 aromatic heterocycles. The molecule has 0 N–H and O–H groups in total. The lowest BCUT2D eigenvalue weighted by atomic mass is 10.0. The highest BCUT2D eigenvalue weighted by Gasteiger charge is 2.29. The van der Waals surface area contributed by atoms with Crippen LogP contribution in [0.25, 0.3) is 0 Å².